The number of pyridine rings is 1. The number of hydrogen-bond donors (Lipinski definition) is 1. The van der Waals surface area contributed by atoms with Crippen LogP contribution in [0.1, 0.15) is 16.0 Å². The Labute approximate surface area is 144 Å². The second-order valence-corrected chi connectivity index (χ2v) is 6.54. The smallest absolute Gasteiger partial charge is 0.317 e. The summed E-state index contributed by atoms with van der Waals surface area (Å²) in [6, 6.07) is 5.83. The lowest BCUT2D eigenvalue weighted by Crippen LogP contribution is -2.36. The van der Waals surface area contributed by atoms with Crippen molar-refractivity contribution in [1.82, 2.24) is 24.8 Å². The number of urea groups is 1. The SMILES string of the molecule is Cc1ccsc1CN(C)C(=O)NCc1ccc(-n2ccnc2)nc1. The van der Waals surface area contributed by atoms with E-state index in [1.165, 1.54) is 10.4 Å². The molecule has 3 heterocycles. The third kappa shape index (κ3) is 3.80. The molecule has 0 unspecified atom stereocenters. The van der Waals surface area contributed by atoms with Crippen LogP contribution in [0.2, 0.25) is 0 Å². The maximum atomic E-state index is 12.2. The van der Waals surface area contributed by atoms with Crippen LogP contribution in [-0.2, 0) is 13.1 Å². The van der Waals surface area contributed by atoms with Gasteiger partial charge in [0.15, 0.2) is 0 Å². The Morgan fingerprint density at radius 3 is 2.88 bits per heavy atom. The number of nitrogens with one attached hydrogen (secondary N) is 1. The van der Waals surface area contributed by atoms with E-state index in [-0.39, 0.29) is 6.03 Å². The Morgan fingerprint density at radius 2 is 2.25 bits per heavy atom. The molecule has 0 radical (unpaired) electrons. The summed E-state index contributed by atoms with van der Waals surface area (Å²) in [5.41, 5.74) is 2.17. The van der Waals surface area contributed by atoms with Crippen molar-refractivity contribution in [3.8, 4) is 5.82 Å². The molecule has 3 rings (SSSR count). The number of carbonyl (C=O) groups is 1. The molecule has 7 heteroatoms. The highest BCUT2D eigenvalue weighted by atomic mass is 32.1. The number of nitrogens with zero attached hydrogens (tertiary/aromatic N) is 4. The molecule has 0 saturated carbocycles. The largest absolute Gasteiger partial charge is 0.334 e. The molecule has 0 atom stereocenters. The molecule has 0 spiro atoms. The minimum Gasteiger partial charge on any atom is -0.334 e. The zero-order valence-corrected chi connectivity index (χ0v) is 14.5. The van der Waals surface area contributed by atoms with E-state index in [9.17, 15) is 4.79 Å². The lowest BCUT2D eigenvalue weighted by atomic mass is 10.3. The van der Waals surface area contributed by atoms with Gasteiger partial charge in [-0.25, -0.2) is 14.8 Å². The van der Waals surface area contributed by atoms with E-state index in [4.69, 9.17) is 0 Å². The number of amides is 2. The van der Waals surface area contributed by atoms with Crippen LogP contribution >= 0.6 is 11.3 Å². The van der Waals surface area contributed by atoms with Crippen LogP contribution in [-0.4, -0.2) is 32.5 Å². The van der Waals surface area contributed by atoms with E-state index in [2.05, 4.69) is 28.3 Å². The fourth-order valence-electron chi connectivity index (χ4n) is 2.23. The first-order valence-corrected chi connectivity index (χ1v) is 8.46. The first-order valence-electron chi connectivity index (χ1n) is 7.58. The van der Waals surface area contributed by atoms with Crippen molar-refractivity contribution in [3.63, 3.8) is 0 Å². The summed E-state index contributed by atoms with van der Waals surface area (Å²) in [5.74, 6) is 0.799. The molecular formula is C17H19N5OS. The van der Waals surface area contributed by atoms with Gasteiger partial charge in [-0.2, -0.15) is 0 Å². The Morgan fingerprint density at radius 1 is 1.38 bits per heavy atom. The minimum atomic E-state index is -0.0958. The van der Waals surface area contributed by atoms with Crippen LogP contribution < -0.4 is 5.32 Å². The average molecular weight is 341 g/mol. The van der Waals surface area contributed by atoms with Gasteiger partial charge in [0, 0.05) is 37.1 Å². The molecule has 0 saturated heterocycles. The predicted molar refractivity (Wildman–Crippen MR) is 94.1 cm³/mol. The predicted octanol–water partition coefficient (Wildman–Crippen LogP) is 2.98. The van der Waals surface area contributed by atoms with E-state index >= 15 is 0 Å². The number of rotatable bonds is 5. The quantitative estimate of drug-likeness (QED) is 0.776. The van der Waals surface area contributed by atoms with Gasteiger partial charge in [-0.05, 0) is 35.6 Å². The molecule has 3 aromatic rings. The van der Waals surface area contributed by atoms with Gasteiger partial charge in [-0.15, -0.1) is 11.3 Å². The molecule has 2 amide bonds. The molecule has 0 aliphatic heterocycles. The van der Waals surface area contributed by atoms with Crippen molar-refractivity contribution >= 4 is 17.4 Å². The fourth-order valence-corrected chi connectivity index (χ4v) is 3.19. The summed E-state index contributed by atoms with van der Waals surface area (Å²) in [6.45, 7) is 3.13. The fraction of sp³-hybridized carbons (Fsp3) is 0.235. The molecule has 0 aliphatic carbocycles. The summed E-state index contributed by atoms with van der Waals surface area (Å²) < 4.78 is 1.83. The first-order chi connectivity index (χ1) is 11.6. The highest BCUT2D eigenvalue weighted by Gasteiger charge is 2.11. The van der Waals surface area contributed by atoms with Gasteiger partial charge in [0.05, 0.1) is 6.54 Å². The second-order valence-electron chi connectivity index (χ2n) is 5.54. The van der Waals surface area contributed by atoms with Gasteiger partial charge in [0.25, 0.3) is 0 Å². The van der Waals surface area contributed by atoms with Crippen molar-refractivity contribution < 1.29 is 4.79 Å². The second kappa shape index (κ2) is 7.27. The number of aromatic nitrogens is 3. The molecule has 0 aromatic carbocycles. The van der Waals surface area contributed by atoms with Crippen LogP contribution in [0.15, 0.2) is 48.5 Å². The third-order valence-electron chi connectivity index (χ3n) is 3.72. The zero-order chi connectivity index (χ0) is 16.9. The molecule has 3 aromatic heterocycles. The zero-order valence-electron chi connectivity index (χ0n) is 13.6. The monoisotopic (exact) mass is 341 g/mol. The summed E-state index contributed by atoms with van der Waals surface area (Å²) in [7, 11) is 1.80. The van der Waals surface area contributed by atoms with E-state index < -0.39 is 0 Å². The Kier molecular flexibility index (Phi) is 4.90. The number of hydrogen-bond acceptors (Lipinski definition) is 4. The minimum absolute atomic E-state index is 0.0958. The average Bonchev–Trinajstić information content (AvgIpc) is 3.26. The molecule has 0 bridgehead atoms. The van der Waals surface area contributed by atoms with Crippen LogP contribution in [0.25, 0.3) is 5.82 Å². The Bertz CT molecular complexity index is 795. The number of carbonyl (C=O) groups excluding carboxylic acids is 1. The van der Waals surface area contributed by atoms with Gasteiger partial charge in [-0.1, -0.05) is 6.07 Å². The molecule has 124 valence electrons. The Balaban J connectivity index is 1.53. The normalized spacial score (nSPS) is 10.6. The molecule has 24 heavy (non-hydrogen) atoms. The molecular weight excluding hydrogens is 322 g/mol. The van der Waals surface area contributed by atoms with Crippen LogP contribution in [0.4, 0.5) is 4.79 Å². The van der Waals surface area contributed by atoms with Crippen molar-refractivity contribution in [2.45, 2.75) is 20.0 Å². The van der Waals surface area contributed by atoms with Crippen LogP contribution in [0.3, 0.4) is 0 Å². The van der Waals surface area contributed by atoms with E-state index in [0.717, 1.165) is 11.4 Å². The summed E-state index contributed by atoms with van der Waals surface area (Å²) >= 11 is 1.67. The van der Waals surface area contributed by atoms with Crippen molar-refractivity contribution in [1.29, 1.82) is 0 Å². The lowest BCUT2D eigenvalue weighted by Gasteiger charge is -2.17. The van der Waals surface area contributed by atoms with Crippen molar-refractivity contribution in [3.05, 3.63) is 64.5 Å². The van der Waals surface area contributed by atoms with Crippen molar-refractivity contribution in [2.24, 2.45) is 0 Å². The van der Waals surface area contributed by atoms with Crippen LogP contribution in [0.5, 0.6) is 0 Å². The lowest BCUT2D eigenvalue weighted by molar-refractivity contribution is 0.207. The maximum absolute atomic E-state index is 12.2. The van der Waals surface area contributed by atoms with Gasteiger partial charge in [0.2, 0.25) is 0 Å². The van der Waals surface area contributed by atoms with E-state index in [1.807, 2.05) is 28.3 Å². The number of thiophene rings is 1. The van der Waals surface area contributed by atoms with Gasteiger partial charge in [-0.3, -0.25) is 4.57 Å². The highest BCUT2D eigenvalue weighted by molar-refractivity contribution is 7.10. The van der Waals surface area contributed by atoms with E-state index in [1.54, 1.807) is 42.0 Å². The first kappa shape index (κ1) is 16.2. The number of aryl methyl sites for hydroxylation is 1. The summed E-state index contributed by atoms with van der Waals surface area (Å²) in [4.78, 5) is 23.5. The summed E-state index contributed by atoms with van der Waals surface area (Å²) in [6.07, 6.45) is 7.01. The van der Waals surface area contributed by atoms with Gasteiger partial charge in [0.1, 0.15) is 12.1 Å². The van der Waals surface area contributed by atoms with Gasteiger partial charge < -0.3 is 10.2 Å². The molecule has 0 fully saturated rings. The topological polar surface area (TPSA) is 63.1 Å². The Hall–Kier alpha value is -2.67. The number of imidazole rings is 1. The molecule has 6 nitrogen and oxygen atoms in total. The summed E-state index contributed by atoms with van der Waals surface area (Å²) in [5, 5.41) is 4.96. The molecule has 0 aliphatic rings. The van der Waals surface area contributed by atoms with Gasteiger partial charge >= 0.3 is 6.03 Å². The third-order valence-corrected chi connectivity index (χ3v) is 4.73. The molecule has 1 N–H and O–H groups in total. The van der Waals surface area contributed by atoms with E-state index in [0.29, 0.717) is 13.1 Å². The van der Waals surface area contributed by atoms with Crippen molar-refractivity contribution in [2.75, 3.05) is 7.05 Å². The standard InChI is InChI=1S/C17H19N5OS/c1-13-5-8-24-15(13)11-21(2)17(23)20-10-14-3-4-16(19-9-14)22-7-6-18-12-22/h3-9,12H,10-11H2,1-2H3,(H,20,23). The van der Waals surface area contributed by atoms with Crippen LogP contribution in [0, 0.1) is 6.92 Å². The maximum Gasteiger partial charge on any atom is 0.317 e. The highest BCUT2D eigenvalue weighted by Crippen LogP contribution is 2.17.